The second kappa shape index (κ2) is 7.43. The third-order valence-electron chi connectivity index (χ3n) is 4.49. The molecule has 0 aliphatic carbocycles. The van der Waals surface area contributed by atoms with Crippen LogP contribution >= 0.6 is 11.3 Å². The van der Waals surface area contributed by atoms with Crippen molar-refractivity contribution in [1.82, 2.24) is 19.3 Å². The van der Waals surface area contributed by atoms with Gasteiger partial charge in [0.2, 0.25) is 0 Å². The maximum atomic E-state index is 12.6. The molecule has 136 valence electrons. The van der Waals surface area contributed by atoms with Crippen molar-refractivity contribution in [3.8, 4) is 5.13 Å². The average molecular weight is 371 g/mol. The molecule has 1 aliphatic rings. The van der Waals surface area contributed by atoms with Gasteiger partial charge in [-0.3, -0.25) is 9.48 Å². The first kappa shape index (κ1) is 17.0. The largest absolute Gasteiger partial charge is 0.381 e. The summed E-state index contributed by atoms with van der Waals surface area (Å²) in [4.78, 5) is 17.7. The number of thiazole rings is 1. The van der Waals surface area contributed by atoms with Crippen LogP contribution in [0.25, 0.3) is 5.13 Å². The molecule has 0 saturated carbocycles. The van der Waals surface area contributed by atoms with Crippen LogP contribution in [0, 0.1) is 12.8 Å². The summed E-state index contributed by atoms with van der Waals surface area (Å²) in [6.07, 6.45) is 9.53. The smallest absolute Gasteiger partial charge is 0.267 e. The van der Waals surface area contributed by atoms with Gasteiger partial charge in [0.25, 0.3) is 5.91 Å². The molecule has 3 aromatic heterocycles. The Hall–Kier alpha value is -2.45. The summed E-state index contributed by atoms with van der Waals surface area (Å²) < 4.78 is 9.19. The maximum Gasteiger partial charge on any atom is 0.267 e. The van der Waals surface area contributed by atoms with E-state index in [1.807, 2.05) is 46.9 Å². The zero-order chi connectivity index (χ0) is 17.9. The Morgan fingerprint density at radius 1 is 1.35 bits per heavy atom. The maximum absolute atomic E-state index is 12.6. The average Bonchev–Trinajstić information content (AvgIpc) is 3.37. The molecule has 4 heterocycles. The van der Waals surface area contributed by atoms with E-state index in [0.717, 1.165) is 43.4 Å². The quantitative estimate of drug-likeness (QED) is 0.748. The van der Waals surface area contributed by atoms with Gasteiger partial charge in [-0.2, -0.15) is 5.10 Å². The van der Waals surface area contributed by atoms with Crippen molar-refractivity contribution in [2.75, 3.05) is 18.5 Å². The van der Waals surface area contributed by atoms with E-state index < -0.39 is 0 Å². The third-order valence-corrected chi connectivity index (χ3v) is 5.66. The Kier molecular flexibility index (Phi) is 4.85. The first-order chi connectivity index (χ1) is 12.7. The van der Waals surface area contributed by atoms with Gasteiger partial charge in [0, 0.05) is 38.3 Å². The van der Waals surface area contributed by atoms with Gasteiger partial charge >= 0.3 is 0 Å². The van der Waals surface area contributed by atoms with Gasteiger partial charge in [-0.1, -0.05) is 11.3 Å². The lowest BCUT2D eigenvalue weighted by Gasteiger charge is -2.21. The fourth-order valence-electron chi connectivity index (χ4n) is 3.07. The van der Waals surface area contributed by atoms with Crippen LogP contribution in [-0.2, 0) is 11.3 Å². The minimum atomic E-state index is -0.149. The number of hydrogen-bond acceptors (Lipinski definition) is 5. The Morgan fingerprint density at radius 3 is 2.88 bits per heavy atom. The molecule has 1 N–H and O–H groups in total. The van der Waals surface area contributed by atoms with Crippen molar-refractivity contribution in [3.63, 3.8) is 0 Å². The van der Waals surface area contributed by atoms with Gasteiger partial charge in [-0.15, -0.1) is 0 Å². The number of carbonyl (C=O) groups is 1. The Balaban J connectivity index is 1.42. The van der Waals surface area contributed by atoms with Crippen molar-refractivity contribution in [3.05, 3.63) is 47.5 Å². The van der Waals surface area contributed by atoms with Crippen LogP contribution in [0.5, 0.6) is 0 Å². The molecule has 1 saturated heterocycles. The highest BCUT2D eigenvalue weighted by Gasteiger charge is 2.18. The number of rotatable bonds is 5. The molecule has 0 bridgehead atoms. The van der Waals surface area contributed by atoms with Crippen LogP contribution in [0.4, 0.5) is 5.69 Å². The minimum Gasteiger partial charge on any atom is -0.381 e. The highest BCUT2D eigenvalue weighted by Crippen LogP contribution is 2.23. The number of aromatic nitrogens is 4. The molecule has 26 heavy (non-hydrogen) atoms. The molecule has 0 atom stereocenters. The van der Waals surface area contributed by atoms with Crippen LogP contribution in [0.3, 0.4) is 0 Å². The molecule has 0 radical (unpaired) electrons. The number of amides is 1. The third kappa shape index (κ3) is 3.71. The molecule has 3 aromatic rings. The first-order valence-electron chi connectivity index (χ1n) is 8.71. The number of carbonyl (C=O) groups excluding carboxylic acids is 1. The van der Waals surface area contributed by atoms with E-state index in [0.29, 0.717) is 16.5 Å². The fourth-order valence-corrected chi connectivity index (χ4v) is 4.00. The zero-order valence-electron chi connectivity index (χ0n) is 14.6. The molecule has 7 nitrogen and oxygen atoms in total. The molecular weight excluding hydrogens is 350 g/mol. The van der Waals surface area contributed by atoms with Gasteiger partial charge in [0.15, 0.2) is 5.13 Å². The molecule has 1 fully saturated rings. The fraction of sp³-hybridized carbons (Fsp3) is 0.389. The van der Waals surface area contributed by atoms with Crippen LogP contribution in [0.15, 0.2) is 36.9 Å². The summed E-state index contributed by atoms with van der Waals surface area (Å²) in [7, 11) is 0. The predicted octanol–water partition coefficient (Wildman–Crippen LogP) is 3.12. The molecule has 4 rings (SSSR count). The molecule has 0 unspecified atom stereocenters. The van der Waals surface area contributed by atoms with E-state index >= 15 is 0 Å². The number of ether oxygens (including phenoxy) is 1. The van der Waals surface area contributed by atoms with Crippen LogP contribution in [-0.4, -0.2) is 38.5 Å². The van der Waals surface area contributed by atoms with E-state index in [9.17, 15) is 4.79 Å². The predicted molar refractivity (Wildman–Crippen MR) is 99.9 cm³/mol. The monoisotopic (exact) mass is 371 g/mol. The Labute approximate surface area is 155 Å². The number of nitrogens with zero attached hydrogens (tertiary/aromatic N) is 4. The lowest BCUT2D eigenvalue weighted by Crippen LogP contribution is -2.20. The van der Waals surface area contributed by atoms with Gasteiger partial charge in [-0.05, 0) is 37.8 Å². The molecule has 1 aliphatic heterocycles. The van der Waals surface area contributed by atoms with Gasteiger partial charge < -0.3 is 14.6 Å². The van der Waals surface area contributed by atoms with E-state index in [1.165, 1.54) is 11.3 Å². The second-order valence-corrected chi connectivity index (χ2v) is 7.44. The number of aryl methyl sites for hydroxylation is 1. The van der Waals surface area contributed by atoms with E-state index in [-0.39, 0.29) is 5.91 Å². The van der Waals surface area contributed by atoms with Gasteiger partial charge in [0.05, 0.1) is 17.6 Å². The van der Waals surface area contributed by atoms with Crippen molar-refractivity contribution in [2.24, 2.45) is 5.92 Å². The summed E-state index contributed by atoms with van der Waals surface area (Å²) in [6, 6.07) is 3.87. The molecular formula is C18H21N5O2S. The summed E-state index contributed by atoms with van der Waals surface area (Å²) in [5, 5.41) is 8.08. The lowest BCUT2D eigenvalue weighted by molar-refractivity contribution is 0.0601. The topological polar surface area (TPSA) is 74.0 Å². The van der Waals surface area contributed by atoms with Gasteiger partial charge in [0.1, 0.15) is 4.88 Å². The second-order valence-electron chi connectivity index (χ2n) is 6.46. The zero-order valence-corrected chi connectivity index (χ0v) is 15.4. The normalized spacial score (nSPS) is 15.3. The van der Waals surface area contributed by atoms with Crippen LogP contribution in [0.1, 0.15) is 28.2 Å². The Morgan fingerprint density at radius 2 is 2.12 bits per heavy atom. The standard InChI is InChI=1S/C18H21N5O2S/c1-13-16(26-18(20-13)22-6-2-3-7-22)17(24)21-15-10-19-23(12-15)11-14-4-8-25-9-5-14/h2-3,6-7,10,12,14H,4-5,8-9,11H2,1H3,(H,21,24). The number of nitrogens with one attached hydrogen (secondary N) is 1. The Bertz CT molecular complexity index is 877. The summed E-state index contributed by atoms with van der Waals surface area (Å²) >= 11 is 1.38. The SMILES string of the molecule is Cc1nc(-n2cccc2)sc1C(=O)Nc1cnn(CC2CCOCC2)c1. The summed E-state index contributed by atoms with van der Waals surface area (Å²) in [6.45, 7) is 4.36. The molecule has 0 aromatic carbocycles. The first-order valence-corrected chi connectivity index (χ1v) is 9.53. The van der Waals surface area contributed by atoms with Crippen molar-refractivity contribution in [2.45, 2.75) is 26.3 Å². The van der Waals surface area contributed by atoms with E-state index in [4.69, 9.17) is 4.74 Å². The highest BCUT2D eigenvalue weighted by atomic mass is 32.1. The van der Waals surface area contributed by atoms with E-state index in [2.05, 4.69) is 15.4 Å². The van der Waals surface area contributed by atoms with Crippen LogP contribution < -0.4 is 5.32 Å². The lowest BCUT2D eigenvalue weighted by atomic mass is 10.0. The van der Waals surface area contributed by atoms with Crippen molar-refractivity contribution >= 4 is 22.9 Å². The van der Waals surface area contributed by atoms with Gasteiger partial charge in [-0.25, -0.2) is 4.98 Å². The molecule has 1 amide bonds. The van der Waals surface area contributed by atoms with Crippen LogP contribution in [0.2, 0.25) is 0 Å². The minimum absolute atomic E-state index is 0.149. The highest BCUT2D eigenvalue weighted by molar-refractivity contribution is 7.16. The number of hydrogen-bond donors (Lipinski definition) is 1. The molecule has 8 heteroatoms. The summed E-state index contributed by atoms with van der Waals surface area (Å²) in [5.74, 6) is 0.434. The van der Waals surface area contributed by atoms with E-state index in [1.54, 1.807) is 6.20 Å². The number of anilines is 1. The van der Waals surface area contributed by atoms with Crippen molar-refractivity contribution < 1.29 is 9.53 Å². The van der Waals surface area contributed by atoms with Crippen molar-refractivity contribution in [1.29, 1.82) is 0 Å². The summed E-state index contributed by atoms with van der Waals surface area (Å²) in [5.41, 5.74) is 1.43. The molecule has 0 spiro atoms.